The number of rotatable bonds is 5. The Morgan fingerprint density at radius 3 is 2.38 bits per heavy atom. The first kappa shape index (κ1) is 13.3. The summed E-state index contributed by atoms with van der Waals surface area (Å²) in [5.74, 6) is 1.89. The highest BCUT2D eigenvalue weighted by Gasteiger charge is 2.21. The summed E-state index contributed by atoms with van der Waals surface area (Å²) in [5, 5.41) is 9.85. The molecular formula is C13H23NO2. The van der Waals surface area contributed by atoms with Crippen molar-refractivity contribution in [2.75, 3.05) is 6.54 Å². The van der Waals surface area contributed by atoms with Crippen molar-refractivity contribution >= 4 is 0 Å². The van der Waals surface area contributed by atoms with Crippen LogP contribution in [0.15, 0.2) is 16.5 Å². The number of aliphatic hydroxyl groups is 1. The summed E-state index contributed by atoms with van der Waals surface area (Å²) in [6.45, 7) is 11.2. The maximum Gasteiger partial charge on any atom is 0.118 e. The molecule has 1 aromatic heterocycles. The second kappa shape index (κ2) is 5.02. The van der Waals surface area contributed by atoms with Gasteiger partial charge in [-0.1, -0.05) is 0 Å². The van der Waals surface area contributed by atoms with Crippen LogP contribution >= 0.6 is 0 Å². The van der Waals surface area contributed by atoms with Crippen LogP contribution in [0, 0.1) is 6.92 Å². The average molecular weight is 225 g/mol. The van der Waals surface area contributed by atoms with Crippen LogP contribution in [-0.2, 0) is 6.54 Å². The van der Waals surface area contributed by atoms with Crippen LogP contribution in [0.1, 0.15) is 39.2 Å². The van der Waals surface area contributed by atoms with Gasteiger partial charge in [-0.2, -0.15) is 0 Å². The lowest BCUT2D eigenvalue weighted by atomic mass is 10.1. The van der Waals surface area contributed by atoms with E-state index in [1.807, 2.05) is 32.9 Å². The maximum absolute atomic E-state index is 9.85. The lowest BCUT2D eigenvalue weighted by Crippen LogP contribution is -2.41. The van der Waals surface area contributed by atoms with Crippen LogP contribution in [-0.4, -0.2) is 28.2 Å². The monoisotopic (exact) mass is 225 g/mol. The second-order valence-electron chi connectivity index (χ2n) is 5.32. The molecule has 0 amide bonds. The van der Waals surface area contributed by atoms with Gasteiger partial charge in [0.15, 0.2) is 0 Å². The van der Waals surface area contributed by atoms with E-state index in [4.69, 9.17) is 4.42 Å². The molecule has 0 radical (unpaired) electrons. The molecule has 92 valence electrons. The van der Waals surface area contributed by atoms with Gasteiger partial charge in [0.1, 0.15) is 11.5 Å². The fraction of sp³-hybridized carbons (Fsp3) is 0.692. The van der Waals surface area contributed by atoms with Crippen molar-refractivity contribution in [3.8, 4) is 0 Å². The minimum absolute atomic E-state index is 0.386. The minimum Gasteiger partial charge on any atom is -0.465 e. The molecule has 1 heterocycles. The molecule has 0 saturated heterocycles. The van der Waals surface area contributed by atoms with Gasteiger partial charge >= 0.3 is 0 Å². The summed E-state index contributed by atoms with van der Waals surface area (Å²) in [4.78, 5) is 2.21. The van der Waals surface area contributed by atoms with Gasteiger partial charge in [0, 0.05) is 12.6 Å². The smallest absolute Gasteiger partial charge is 0.118 e. The van der Waals surface area contributed by atoms with Gasteiger partial charge in [-0.25, -0.2) is 0 Å². The maximum atomic E-state index is 9.85. The molecule has 3 nitrogen and oxygen atoms in total. The lowest BCUT2D eigenvalue weighted by Gasteiger charge is -2.31. The number of furan rings is 1. The summed E-state index contributed by atoms with van der Waals surface area (Å²) in [6.07, 6.45) is 0. The quantitative estimate of drug-likeness (QED) is 0.836. The predicted octanol–water partition coefficient (Wildman–Crippen LogP) is 2.57. The number of nitrogens with zero attached hydrogens (tertiary/aromatic N) is 1. The van der Waals surface area contributed by atoms with Crippen LogP contribution in [0.4, 0.5) is 0 Å². The van der Waals surface area contributed by atoms with Crippen molar-refractivity contribution in [1.82, 2.24) is 4.90 Å². The highest BCUT2D eigenvalue weighted by molar-refractivity contribution is 5.05. The SMILES string of the molecule is Cc1ccc(CN(CC(C)(C)O)C(C)C)o1. The third-order valence-electron chi connectivity index (χ3n) is 2.48. The Morgan fingerprint density at radius 1 is 1.38 bits per heavy atom. The topological polar surface area (TPSA) is 36.6 Å². The Bertz CT molecular complexity index is 323. The van der Waals surface area contributed by atoms with E-state index in [0.717, 1.165) is 18.1 Å². The Balaban J connectivity index is 2.65. The highest BCUT2D eigenvalue weighted by atomic mass is 16.3. The molecule has 0 aliphatic rings. The van der Waals surface area contributed by atoms with E-state index in [0.29, 0.717) is 12.6 Å². The van der Waals surface area contributed by atoms with Gasteiger partial charge in [0.25, 0.3) is 0 Å². The normalized spacial score (nSPS) is 12.8. The number of hydrogen-bond acceptors (Lipinski definition) is 3. The summed E-state index contributed by atoms with van der Waals surface area (Å²) in [7, 11) is 0. The van der Waals surface area contributed by atoms with Crippen LogP contribution in [0.25, 0.3) is 0 Å². The number of hydrogen-bond donors (Lipinski definition) is 1. The second-order valence-corrected chi connectivity index (χ2v) is 5.32. The zero-order valence-corrected chi connectivity index (χ0v) is 10.9. The molecular weight excluding hydrogens is 202 g/mol. The van der Waals surface area contributed by atoms with E-state index in [1.165, 1.54) is 0 Å². The first-order valence-electron chi connectivity index (χ1n) is 5.80. The molecule has 0 atom stereocenters. The van der Waals surface area contributed by atoms with Gasteiger partial charge in [0.2, 0.25) is 0 Å². The molecule has 1 aromatic rings. The van der Waals surface area contributed by atoms with E-state index in [2.05, 4.69) is 18.7 Å². The van der Waals surface area contributed by atoms with E-state index < -0.39 is 5.60 Å². The molecule has 0 spiro atoms. The minimum atomic E-state index is -0.675. The predicted molar refractivity (Wildman–Crippen MR) is 65.3 cm³/mol. The molecule has 1 N–H and O–H groups in total. The molecule has 3 heteroatoms. The Hall–Kier alpha value is -0.800. The molecule has 0 saturated carbocycles. The van der Waals surface area contributed by atoms with Gasteiger partial charge in [-0.05, 0) is 46.8 Å². The van der Waals surface area contributed by atoms with Crippen molar-refractivity contribution < 1.29 is 9.52 Å². The van der Waals surface area contributed by atoms with Crippen molar-refractivity contribution in [1.29, 1.82) is 0 Å². The fourth-order valence-corrected chi connectivity index (χ4v) is 1.69. The zero-order chi connectivity index (χ0) is 12.3. The van der Waals surface area contributed by atoms with Crippen molar-refractivity contribution in [3.05, 3.63) is 23.7 Å². The molecule has 16 heavy (non-hydrogen) atoms. The summed E-state index contributed by atoms with van der Waals surface area (Å²) >= 11 is 0. The van der Waals surface area contributed by atoms with Crippen LogP contribution in [0.3, 0.4) is 0 Å². The first-order valence-corrected chi connectivity index (χ1v) is 5.80. The van der Waals surface area contributed by atoms with Gasteiger partial charge in [-0.15, -0.1) is 0 Å². The van der Waals surface area contributed by atoms with Gasteiger partial charge in [0.05, 0.1) is 12.1 Å². The van der Waals surface area contributed by atoms with Crippen molar-refractivity contribution in [2.24, 2.45) is 0 Å². The third-order valence-corrected chi connectivity index (χ3v) is 2.48. The van der Waals surface area contributed by atoms with Gasteiger partial charge in [-0.3, -0.25) is 4.90 Å². The van der Waals surface area contributed by atoms with E-state index in [9.17, 15) is 5.11 Å². The molecule has 0 aliphatic carbocycles. The number of aryl methyl sites for hydroxylation is 1. The molecule has 1 rings (SSSR count). The Morgan fingerprint density at radius 2 is 2.00 bits per heavy atom. The summed E-state index contributed by atoms with van der Waals surface area (Å²) in [5.41, 5.74) is -0.675. The fourth-order valence-electron chi connectivity index (χ4n) is 1.69. The Labute approximate surface area is 98.1 Å². The average Bonchev–Trinajstić information content (AvgIpc) is 2.47. The summed E-state index contributed by atoms with van der Waals surface area (Å²) in [6, 6.07) is 4.35. The van der Waals surface area contributed by atoms with Crippen LogP contribution in [0.5, 0.6) is 0 Å². The van der Waals surface area contributed by atoms with Crippen molar-refractivity contribution in [2.45, 2.75) is 52.8 Å². The molecule has 0 bridgehead atoms. The van der Waals surface area contributed by atoms with Crippen molar-refractivity contribution in [3.63, 3.8) is 0 Å². The van der Waals surface area contributed by atoms with Crippen LogP contribution < -0.4 is 0 Å². The lowest BCUT2D eigenvalue weighted by molar-refractivity contribution is 0.0201. The van der Waals surface area contributed by atoms with E-state index >= 15 is 0 Å². The van der Waals surface area contributed by atoms with Gasteiger partial charge < -0.3 is 9.52 Å². The van der Waals surface area contributed by atoms with E-state index in [1.54, 1.807) is 0 Å². The molecule has 0 fully saturated rings. The highest BCUT2D eigenvalue weighted by Crippen LogP contribution is 2.15. The first-order chi connectivity index (χ1) is 7.28. The third kappa shape index (κ3) is 4.37. The van der Waals surface area contributed by atoms with Crippen LogP contribution in [0.2, 0.25) is 0 Å². The molecule has 0 aromatic carbocycles. The molecule has 0 unspecified atom stereocenters. The largest absolute Gasteiger partial charge is 0.465 e. The standard InChI is InChI=1S/C13H23NO2/c1-10(2)14(9-13(4,5)15)8-12-7-6-11(3)16-12/h6-7,10,15H,8-9H2,1-5H3. The zero-order valence-electron chi connectivity index (χ0n) is 10.9. The molecule has 0 aliphatic heterocycles. The van der Waals surface area contributed by atoms with E-state index in [-0.39, 0.29) is 0 Å². The summed E-state index contributed by atoms with van der Waals surface area (Å²) < 4.78 is 5.56. The Kier molecular flexibility index (Phi) is 4.16.